The molecule has 2 aromatic carbocycles. The quantitative estimate of drug-likeness (QED) is 0.600. The standard InChI is InChI=1S/C22H24N2O3/c1-3-4-14-22(18-8-6-5-7-9-18)20(26)24(21(27)23-22)15-19(25)17-12-10-16(2)11-13-17/h5-13H,3-4,14-15H2,1-2H3,(H,23,27). The van der Waals surface area contributed by atoms with E-state index in [2.05, 4.69) is 5.32 Å². The third-order valence-electron chi connectivity index (χ3n) is 5.02. The number of benzene rings is 2. The molecule has 3 amide bonds. The summed E-state index contributed by atoms with van der Waals surface area (Å²) in [6, 6.07) is 15.9. The maximum Gasteiger partial charge on any atom is 0.325 e. The number of Topliss-reactive ketones (excluding diaryl/α,β-unsaturated/α-hetero) is 1. The van der Waals surface area contributed by atoms with Crippen LogP contribution in [0.15, 0.2) is 54.6 Å². The fourth-order valence-electron chi connectivity index (χ4n) is 3.42. The van der Waals surface area contributed by atoms with Crippen molar-refractivity contribution in [2.24, 2.45) is 0 Å². The molecule has 1 atom stereocenters. The molecule has 27 heavy (non-hydrogen) atoms. The van der Waals surface area contributed by atoms with Crippen LogP contribution in [0.4, 0.5) is 4.79 Å². The van der Waals surface area contributed by atoms with Crippen molar-refractivity contribution >= 4 is 17.7 Å². The van der Waals surface area contributed by atoms with Gasteiger partial charge in [0.2, 0.25) is 0 Å². The number of amides is 3. The van der Waals surface area contributed by atoms with E-state index in [0.717, 1.165) is 28.9 Å². The van der Waals surface area contributed by atoms with E-state index in [9.17, 15) is 14.4 Å². The van der Waals surface area contributed by atoms with Crippen LogP contribution in [0.5, 0.6) is 0 Å². The van der Waals surface area contributed by atoms with E-state index in [4.69, 9.17) is 0 Å². The summed E-state index contributed by atoms with van der Waals surface area (Å²) in [6.45, 7) is 3.72. The molecule has 1 aliphatic heterocycles. The van der Waals surface area contributed by atoms with Gasteiger partial charge < -0.3 is 5.32 Å². The van der Waals surface area contributed by atoms with Gasteiger partial charge in [0, 0.05) is 5.56 Å². The maximum atomic E-state index is 13.3. The Kier molecular flexibility index (Phi) is 5.40. The van der Waals surface area contributed by atoms with E-state index in [-0.39, 0.29) is 18.2 Å². The minimum atomic E-state index is -1.10. The van der Waals surface area contributed by atoms with Crippen LogP contribution in [0.25, 0.3) is 0 Å². The summed E-state index contributed by atoms with van der Waals surface area (Å²) in [6.07, 6.45) is 2.20. The van der Waals surface area contributed by atoms with Crippen molar-refractivity contribution in [3.63, 3.8) is 0 Å². The zero-order valence-corrected chi connectivity index (χ0v) is 15.7. The van der Waals surface area contributed by atoms with Gasteiger partial charge in [-0.25, -0.2) is 4.79 Å². The van der Waals surface area contributed by atoms with Crippen LogP contribution in [0.3, 0.4) is 0 Å². The van der Waals surface area contributed by atoms with Crippen LogP contribution in [0.2, 0.25) is 0 Å². The summed E-state index contributed by atoms with van der Waals surface area (Å²) in [4.78, 5) is 39.5. The number of urea groups is 1. The van der Waals surface area contributed by atoms with Gasteiger partial charge in [-0.1, -0.05) is 79.9 Å². The maximum absolute atomic E-state index is 13.3. The lowest BCUT2D eigenvalue weighted by atomic mass is 9.85. The van der Waals surface area contributed by atoms with Crippen LogP contribution in [0, 0.1) is 6.92 Å². The monoisotopic (exact) mass is 364 g/mol. The third-order valence-corrected chi connectivity index (χ3v) is 5.02. The number of unbranched alkanes of at least 4 members (excludes halogenated alkanes) is 1. The fourth-order valence-corrected chi connectivity index (χ4v) is 3.42. The second-order valence-electron chi connectivity index (χ2n) is 6.99. The molecule has 1 unspecified atom stereocenters. The van der Waals surface area contributed by atoms with E-state index < -0.39 is 11.6 Å². The first kappa shape index (κ1) is 18.8. The van der Waals surface area contributed by atoms with Gasteiger partial charge >= 0.3 is 6.03 Å². The van der Waals surface area contributed by atoms with Crippen molar-refractivity contribution < 1.29 is 14.4 Å². The lowest BCUT2D eigenvalue weighted by molar-refractivity contribution is -0.131. The topological polar surface area (TPSA) is 66.5 Å². The van der Waals surface area contributed by atoms with Gasteiger partial charge in [-0.15, -0.1) is 0 Å². The Morgan fingerprint density at radius 2 is 1.70 bits per heavy atom. The summed E-state index contributed by atoms with van der Waals surface area (Å²) in [5.41, 5.74) is 1.19. The average molecular weight is 364 g/mol. The summed E-state index contributed by atoms with van der Waals surface area (Å²) in [5.74, 6) is -0.606. The molecule has 5 heteroatoms. The Hall–Kier alpha value is -2.95. The molecule has 1 fully saturated rings. The zero-order chi connectivity index (χ0) is 19.4. The molecule has 1 N–H and O–H groups in total. The molecule has 0 saturated carbocycles. The minimum Gasteiger partial charge on any atom is -0.319 e. The first-order valence-corrected chi connectivity index (χ1v) is 9.27. The van der Waals surface area contributed by atoms with E-state index >= 15 is 0 Å². The predicted molar refractivity (Wildman–Crippen MR) is 103 cm³/mol. The molecule has 1 saturated heterocycles. The first-order valence-electron chi connectivity index (χ1n) is 9.27. The van der Waals surface area contributed by atoms with E-state index in [1.165, 1.54) is 0 Å². The molecule has 0 bridgehead atoms. The van der Waals surface area contributed by atoms with Gasteiger partial charge in [0.05, 0.1) is 6.54 Å². The number of carbonyl (C=O) groups excluding carboxylic acids is 3. The Balaban J connectivity index is 1.87. The Morgan fingerprint density at radius 1 is 1.04 bits per heavy atom. The van der Waals surface area contributed by atoms with Gasteiger partial charge in [-0.3, -0.25) is 14.5 Å². The number of nitrogens with one attached hydrogen (secondary N) is 1. The summed E-state index contributed by atoms with van der Waals surface area (Å²) >= 11 is 0. The van der Waals surface area contributed by atoms with Gasteiger partial charge in [0.1, 0.15) is 5.54 Å². The SMILES string of the molecule is CCCCC1(c2ccccc2)NC(=O)N(CC(=O)c2ccc(C)cc2)C1=O. The number of rotatable bonds is 7. The Morgan fingerprint density at radius 3 is 2.33 bits per heavy atom. The van der Waals surface area contributed by atoms with Crippen LogP contribution in [0.1, 0.15) is 47.7 Å². The highest BCUT2D eigenvalue weighted by atomic mass is 16.2. The van der Waals surface area contributed by atoms with E-state index in [0.29, 0.717) is 12.0 Å². The lowest BCUT2D eigenvalue weighted by Crippen LogP contribution is -2.44. The first-order chi connectivity index (χ1) is 13.0. The number of hydrogen-bond acceptors (Lipinski definition) is 3. The van der Waals surface area contributed by atoms with E-state index in [1.54, 1.807) is 12.1 Å². The summed E-state index contributed by atoms with van der Waals surface area (Å²) in [7, 11) is 0. The molecule has 0 aliphatic carbocycles. The average Bonchev–Trinajstić information content (AvgIpc) is 2.92. The van der Waals surface area contributed by atoms with Crippen molar-refractivity contribution in [3.05, 3.63) is 71.3 Å². The predicted octanol–water partition coefficient (Wildman–Crippen LogP) is 3.82. The normalized spacial score (nSPS) is 19.3. The third kappa shape index (κ3) is 3.63. The highest BCUT2D eigenvalue weighted by Crippen LogP contribution is 2.34. The molecule has 3 rings (SSSR count). The van der Waals surface area contributed by atoms with Crippen LogP contribution < -0.4 is 5.32 Å². The number of carbonyl (C=O) groups is 3. The second kappa shape index (κ2) is 7.74. The number of ketones is 1. The number of aryl methyl sites for hydroxylation is 1. The molecular formula is C22H24N2O3. The van der Waals surface area contributed by atoms with Gasteiger partial charge in [0.15, 0.2) is 5.78 Å². The smallest absolute Gasteiger partial charge is 0.319 e. The van der Waals surface area contributed by atoms with E-state index in [1.807, 2.05) is 56.3 Å². The molecule has 0 spiro atoms. The molecule has 0 aromatic heterocycles. The second-order valence-corrected chi connectivity index (χ2v) is 6.99. The molecule has 1 aliphatic rings. The minimum absolute atomic E-state index is 0.252. The summed E-state index contributed by atoms with van der Waals surface area (Å²) in [5, 5.41) is 2.87. The Bertz CT molecular complexity index is 846. The number of hydrogen-bond donors (Lipinski definition) is 1. The molecule has 140 valence electrons. The largest absolute Gasteiger partial charge is 0.325 e. The number of nitrogens with zero attached hydrogens (tertiary/aromatic N) is 1. The molecule has 5 nitrogen and oxygen atoms in total. The van der Waals surface area contributed by atoms with Gasteiger partial charge in [-0.05, 0) is 18.9 Å². The molecular weight excluding hydrogens is 340 g/mol. The number of imide groups is 1. The molecule has 2 aromatic rings. The fraction of sp³-hybridized carbons (Fsp3) is 0.318. The van der Waals surface area contributed by atoms with Crippen LogP contribution in [-0.4, -0.2) is 29.2 Å². The van der Waals surface area contributed by atoms with Crippen molar-refractivity contribution in [3.8, 4) is 0 Å². The van der Waals surface area contributed by atoms with Crippen molar-refractivity contribution in [2.75, 3.05) is 6.54 Å². The highest BCUT2D eigenvalue weighted by molar-refractivity contribution is 6.11. The summed E-state index contributed by atoms with van der Waals surface area (Å²) < 4.78 is 0. The lowest BCUT2D eigenvalue weighted by Gasteiger charge is -2.27. The van der Waals surface area contributed by atoms with Gasteiger partial charge in [-0.2, -0.15) is 0 Å². The molecule has 0 radical (unpaired) electrons. The van der Waals surface area contributed by atoms with Crippen molar-refractivity contribution in [1.82, 2.24) is 10.2 Å². The zero-order valence-electron chi connectivity index (χ0n) is 15.7. The Labute approximate surface area is 159 Å². The van der Waals surface area contributed by atoms with Gasteiger partial charge in [0.25, 0.3) is 5.91 Å². The highest BCUT2D eigenvalue weighted by Gasteiger charge is 2.52. The van der Waals surface area contributed by atoms with Crippen molar-refractivity contribution in [1.29, 1.82) is 0 Å². The van der Waals surface area contributed by atoms with Crippen LogP contribution in [-0.2, 0) is 10.3 Å². The van der Waals surface area contributed by atoms with Crippen molar-refractivity contribution in [2.45, 2.75) is 38.6 Å². The van der Waals surface area contributed by atoms with Crippen LogP contribution >= 0.6 is 0 Å². The molecule has 1 heterocycles.